The Bertz CT molecular complexity index is 718. The first-order valence-corrected chi connectivity index (χ1v) is 8.58. The smallest absolute Gasteiger partial charge is 0.228 e. The van der Waals surface area contributed by atoms with Crippen molar-refractivity contribution in [2.24, 2.45) is 5.92 Å². The van der Waals surface area contributed by atoms with E-state index in [0.717, 1.165) is 11.3 Å². The summed E-state index contributed by atoms with van der Waals surface area (Å²) in [4.78, 5) is 29.7. The topological polar surface area (TPSA) is 50.3 Å². The zero-order valence-electron chi connectivity index (χ0n) is 12.9. The molecule has 2 heterocycles. The lowest BCUT2D eigenvalue weighted by molar-refractivity contribution is -0.117. The molecule has 1 aromatic carbocycles. The minimum atomic E-state index is 0.0804. The number of hydrogen-bond acceptors (Lipinski definition) is 4. The van der Waals surface area contributed by atoms with Gasteiger partial charge in [0.05, 0.1) is 5.69 Å². The Morgan fingerprint density at radius 2 is 2.00 bits per heavy atom. The van der Waals surface area contributed by atoms with Crippen molar-refractivity contribution in [3.63, 3.8) is 0 Å². The van der Waals surface area contributed by atoms with Crippen LogP contribution in [0.2, 0.25) is 0 Å². The molecule has 0 spiro atoms. The van der Waals surface area contributed by atoms with Gasteiger partial charge >= 0.3 is 0 Å². The van der Waals surface area contributed by atoms with E-state index < -0.39 is 0 Å². The molecular weight excluding hydrogens is 308 g/mol. The van der Waals surface area contributed by atoms with Crippen molar-refractivity contribution in [3.05, 3.63) is 48.5 Å². The number of anilines is 1. The van der Waals surface area contributed by atoms with Crippen LogP contribution in [0, 0.1) is 5.92 Å². The fourth-order valence-corrected chi connectivity index (χ4v) is 3.39. The Morgan fingerprint density at radius 1 is 1.22 bits per heavy atom. The van der Waals surface area contributed by atoms with Gasteiger partial charge in [0, 0.05) is 31.2 Å². The molecule has 1 fully saturated rings. The summed E-state index contributed by atoms with van der Waals surface area (Å²) in [5.74, 6) is 1.66. The Hall–Kier alpha value is -2.14. The lowest BCUT2D eigenvalue weighted by Crippen LogP contribution is -2.25. The minimum Gasteiger partial charge on any atom is -0.296 e. The molecule has 23 heavy (non-hydrogen) atoms. The van der Waals surface area contributed by atoms with Crippen LogP contribution in [0.3, 0.4) is 0 Å². The number of hydrogen-bond donors (Lipinski definition) is 0. The van der Waals surface area contributed by atoms with Gasteiger partial charge in [0.15, 0.2) is 5.12 Å². The standard InChI is InChI=1S/C18H18N2O2S/c1-13(21)23-12-14-10-18(22)20(11-14)17-9-5-8-16(19-17)15-6-3-2-4-7-15/h2-9,14H,10-12H2,1H3. The monoisotopic (exact) mass is 326 g/mol. The van der Waals surface area contributed by atoms with Crippen LogP contribution in [-0.2, 0) is 9.59 Å². The number of benzene rings is 1. The highest BCUT2D eigenvalue weighted by Gasteiger charge is 2.31. The van der Waals surface area contributed by atoms with Crippen molar-refractivity contribution in [1.29, 1.82) is 0 Å². The molecule has 118 valence electrons. The van der Waals surface area contributed by atoms with Gasteiger partial charge in [0.2, 0.25) is 5.91 Å². The number of thioether (sulfide) groups is 1. The molecule has 0 bridgehead atoms. The fourth-order valence-electron chi connectivity index (χ4n) is 2.69. The maximum absolute atomic E-state index is 12.3. The molecule has 1 atom stereocenters. The molecule has 0 aliphatic carbocycles. The predicted molar refractivity (Wildman–Crippen MR) is 93.3 cm³/mol. The molecule has 3 rings (SSSR count). The van der Waals surface area contributed by atoms with Crippen LogP contribution in [0.1, 0.15) is 13.3 Å². The van der Waals surface area contributed by atoms with Crippen molar-refractivity contribution in [3.8, 4) is 11.3 Å². The van der Waals surface area contributed by atoms with E-state index >= 15 is 0 Å². The lowest BCUT2D eigenvalue weighted by atomic mass is 10.1. The zero-order chi connectivity index (χ0) is 16.2. The summed E-state index contributed by atoms with van der Waals surface area (Å²) in [5, 5.41) is 0.0973. The largest absolute Gasteiger partial charge is 0.296 e. The van der Waals surface area contributed by atoms with Crippen LogP contribution in [0.15, 0.2) is 48.5 Å². The van der Waals surface area contributed by atoms with Gasteiger partial charge in [-0.1, -0.05) is 48.2 Å². The molecule has 2 aromatic rings. The van der Waals surface area contributed by atoms with E-state index in [0.29, 0.717) is 24.5 Å². The molecular formula is C18H18N2O2S. The number of aromatic nitrogens is 1. The molecule has 1 saturated heterocycles. The Labute approximate surface area is 139 Å². The van der Waals surface area contributed by atoms with Gasteiger partial charge in [0.1, 0.15) is 5.82 Å². The first-order chi connectivity index (χ1) is 11.1. The van der Waals surface area contributed by atoms with Crippen molar-refractivity contribution in [2.45, 2.75) is 13.3 Å². The van der Waals surface area contributed by atoms with Crippen LogP contribution in [0.25, 0.3) is 11.3 Å². The van der Waals surface area contributed by atoms with Gasteiger partial charge in [-0.05, 0) is 18.1 Å². The summed E-state index contributed by atoms with van der Waals surface area (Å²) < 4.78 is 0. The number of pyridine rings is 1. The molecule has 1 unspecified atom stereocenters. The van der Waals surface area contributed by atoms with Crippen LogP contribution in [-0.4, -0.2) is 28.3 Å². The third-order valence-electron chi connectivity index (χ3n) is 3.81. The second-order valence-electron chi connectivity index (χ2n) is 5.62. The second-order valence-corrected chi connectivity index (χ2v) is 6.82. The molecule has 5 heteroatoms. The number of nitrogens with zero attached hydrogens (tertiary/aromatic N) is 2. The van der Waals surface area contributed by atoms with Gasteiger partial charge in [-0.15, -0.1) is 0 Å². The third kappa shape index (κ3) is 3.79. The van der Waals surface area contributed by atoms with E-state index in [2.05, 4.69) is 4.98 Å². The SMILES string of the molecule is CC(=O)SCC1CC(=O)N(c2cccc(-c3ccccc3)n2)C1. The zero-order valence-corrected chi connectivity index (χ0v) is 13.8. The highest BCUT2D eigenvalue weighted by atomic mass is 32.2. The Balaban J connectivity index is 1.77. The number of carbonyl (C=O) groups is 2. The lowest BCUT2D eigenvalue weighted by Gasteiger charge is -2.16. The molecule has 4 nitrogen and oxygen atoms in total. The predicted octanol–water partition coefficient (Wildman–Crippen LogP) is 3.38. The average Bonchev–Trinajstić information content (AvgIpc) is 2.95. The van der Waals surface area contributed by atoms with E-state index in [-0.39, 0.29) is 16.9 Å². The van der Waals surface area contributed by atoms with E-state index in [4.69, 9.17) is 0 Å². The Morgan fingerprint density at radius 3 is 2.74 bits per heavy atom. The van der Waals surface area contributed by atoms with Gasteiger partial charge in [-0.25, -0.2) is 4.98 Å². The Kier molecular flexibility index (Phi) is 4.76. The molecule has 1 amide bonds. The molecule has 0 saturated carbocycles. The van der Waals surface area contributed by atoms with Gasteiger partial charge in [-0.2, -0.15) is 0 Å². The van der Waals surface area contributed by atoms with Crippen LogP contribution in [0.5, 0.6) is 0 Å². The number of carbonyl (C=O) groups excluding carboxylic acids is 2. The van der Waals surface area contributed by atoms with Crippen molar-refractivity contribution >= 4 is 28.6 Å². The van der Waals surface area contributed by atoms with Gasteiger partial charge in [-0.3, -0.25) is 14.5 Å². The summed E-state index contributed by atoms with van der Waals surface area (Å²) in [6.45, 7) is 2.19. The molecule has 1 aliphatic heterocycles. The highest BCUT2D eigenvalue weighted by Crippen LogP contribution is 2.28. The molecule has 1 aromatic heterocycles. The molecule has 0 N–H and O–H groups in total. The number of amides is 1. The average molecular weight is 326 g/mol. The maximum Gasteiger partial charge on any atom is 0.228 e. The normalized spacial score (nSPS) is 17.5. The van der Waals surface area contributed by atoms with E-state index in [1.54, 1.807) is 11.8 Å². The quantitative estimate of drug-likeness (QED) is 0.864. The number of rotatable bonds is 4. The van der Waals surface area contributed by atoms with Crippen molar-refractivity contribution in [1.82, 2.24) is 4.98 Å². The molecule has 0 radical (unpaired) electrons. The highest BCUT2D eigenvalue weighted by molar-refractivity contribution is 8.13. The molecule has 1 aliphatic rings. The van der Waals surface area contributed by atoms with Gasteiger partial charge < -0.3 is 0 Å². The first kappa shape index (κ1) is 15.7. The van der Waals surface area contributed by atoms with Crippen LogP contribution < -0.4 is 4.90 Å². The summed E-state index contributed by atoms with van der Waals surface area (Å²) >= 11 is 1.29. The summed E-state index contributed by atoms with van der Waals surface area (Å²) in [7, 11) is 0. The van der Waals surface area contributed by atoms with Crippen molar-refractivity contribution < 1.29 is 9.59 Å². The summed E-state index contributed by atoms with van der Waals surface area (Å²) in [6, 6.07) is 15.7. The fraction of sp³-hybridized carbons (Fsp3) is 0.278. The van der Waals surface area contributed by atoms with Crippen molar-refractivity contribution in [2.75, 3.05) is 17.2 Å². The minimum absolute atomic E-state index is 0.0804. The first-order valence-electron chi connectivity index (χ1n) is 7.59. The second kappa shape index (κ2) is 6.96. The maximum atomic E-state index is 12.3. The van der Waals surface area contributed by atoms with E-state index in [1.807, 2.05) is 48.5 Å². The van der Waals surface area contributed by atoms with E-state index in [1.165, 1.54) is 11.8 Å². The summed E-state index contributed by atoms with van der Waals surface area (Å²) in [6.07, 6.45) is 0.484. The summed E-state index contributed by atoms with van der Waals surface area (Å²) in [5.41, 5.74) is 1.89. The third-order valence-corrected chi connectivity index (χ3v) is 4.85. The van der Waals surface area contributed by atoms with Crippen LogP contribution >= 0.6 is 11.8 Å². The van der Waals surface area contributed by atoms with E-state index in [9.17, 15) is 9.59 Å². The van der Waals surface area contributed by atoms with Gasteiger partial charge in [0.25, 0.3) is 0 Å². The van der Waals surface area contributed by atoms with Crippen LogP contribution in [0.4, 0.5) is 5.82 Å².